The van der Waals surface area contributed by atoms with Crippen LogP contribution in [0.2, 0.25) is 0 Å². The Morgan fingerprint density at radius 3 is 2.50 bits per heavy atom. The molecule has 0 unspecified atom stereocenters. The Morgan fingerprint density at radius 2 is 1.71 bits per heavy atom. The number of benzene rings is 3. The average Bonchev–Trinajstić information content (AvgIpc) is 2.89. The summed E-state index contributed by atoms with van der Waals surface area (Å²) in [5.41, 5.74) is 4.63. The molecule has 1 saturated heterocycles. The van der Waals surface area contributed by atoms with Crippen LogP contribution >= 0.6 is 0 Å². The van der Waals surface area contributed by atoms with Crippen LogP contribution in [0.25, 0.3) is 22.2 Å². The van der Waals surface area contributed by atoms with Crippen molar-refractivity contribution in [3.63, 3.8) is 0 Å². The van der Waals surface area contributed by atoms with Gasteiger partial charge in [-0.3, -0.25) is 4.79 Å². The number of nitrogens with one attached hydrogen (secondary N) is 1. The van der Waals surface area contributed by atoms with Gasteiger partial charge in [-0.05, 0) is 31.2 Å². The fourth-order valence-corrected chi connectivity index (χ4v) is 4.67. The van der Waals surface area contributed by atoms with Crippen molar-refractivity contribution in [3.05, 3.63) is 96.1 Å². The van der Waals surface area contributed by atoms with Gasteiger partial charge in [0, 0.05) is 16.5 Å². The van der Waals surface area contributed by atoms with Crippen LogP contribution in [-0.2, 0) is 6.54 Å². The summed E-state index contributed by atoms with van der Waals surface area (Å²) in [5.74, 6) is 0.889. The topological polar surface area (TPSA) is 46.9 Å². The summed E-state index contributed by atoms with van der Waals surface area (Å²) in [5, 5.41) is 0.899. The van der Waals surface area contributed by atoms with Crippen molar-refractivity contribution in [2.45, 2.75) is 13.5 Å². The van der Waals surface area contributed by atoms with Gasteiger partial charge in [-0.25, -0.2) is 4.98 Å². The van der Waals surface area contributed by atoms with Gasteiger partial charge in [0.25, 0.3) is 5.91 Å². The number of amides is 1. The second-order valence-electron chi connectivity index (χ2n) is 8.74. The molecule has 1 aliphatic heterocycles. The summed E-state index contributed by atoms with van der Waals surface area (Å²) in [6.07, 6.45) is 0. The van der Waals surface area contributed by atoms with Crippen LogP contribution in [0.5, 0.6) is 5.75 Å². The Bertz CT molecular complexity index is 1280. The van der Waals surface area contributed by atoms with Gasteiger partial charge in [0.05, 0.1) is 49.6 Å². The standard InChI is InChI=1S/C29H29N3O2/c1-2-34-24-12-8-11-23(19-24)28-20-26(25-13-6-7-14-27(25)30-28)29(33)32-17-15-31(16-18-32)21-22-9-4-3-5-10-22/h3-14,19-20H,2,15-18,21H2,1H3/p+1. The van der Waals surface area contributed by atoms with Gasteiger partial charge in [-0.2, -0.15) is 0 Å². The molecule has 3 aromatic carbocycles. The molecule has 0 radical (unpaired) electrons. The van der Waals surface area contributed by atoms with Crippen LogP contribution < -0.4 is 9.64 Å². The van der Waals surface area contributed by atoms with E-state index in [4.69, 9.17) is 9.72 Å². The molecule has 1 amide bonds. The highest BCUT2D eigenvalue weighted by Crippen LogP contribution is 2.28. The molecule has 5 heteroatoms. The van der Waals surface area contributed by atoms with E-state index in [0.717, 1.165) is 60.6 Å². The van der Waals surface area contributed by atoms with Crippen LogP contribution in [0, 0.1) is 0 Å². The lowest BCUT2D eigenvalue weighted by Gasteiger charge is -2.32. The Labute approximate surface area is 200 Å². The molecule has 0 saturated carbocycles. The minimum atomic E-state index is 0.0829. The molecule has 0 aliphatic carbocycles. The lowest BCUT2D eigenvalue weighted by atomic mass is 10.0. The number of para-hydroxylation sites is 1. The maximum atomic E-state index is 13.7. The number of aromatic nitrogens is 1. The first-order chi connectivity index (χ1) is 16.7. The lowest BCUT2D eigenvalue weighted by Crippen LogP contribution is -3.13. The van der Waals surface area contributed by atoms with E-state index in [1.54, 1.807) is 0 Å². The number of piperazine rings is 1. The number of carbonyl (C=O) groups is 1. The molecule has 1 aromatic heterocycles. The molecule has 4 aromatic rings. The van der Waals surface area contributed by atoms with Crippen molar-refractivity contribution in [1.29, 1.82) is 0 Å². The number of fused-ring (bicyclic) bond motifs is 1. The van der Waals surface area contributed by atoms with E-state index in [9.17, 15) is 4.79 Å². The number of hydrogen-bond acceptors (Lipinski definition) is 3. The van der Waals surface area contributed by atoms with Crippen molar-refractivity contribution in [3.8, 4) is 17.0 Å². The molecule has 1 N–H and O–H groups in total. The molecule has 0 bridgehead atoms. The van der Waals surface area contributed by atoms with Gasteiger partial charge in [-0.15, -0.1) is 0 Å². The highest BCUT2D eigenvalue weighted by Gasteiger charge is 2.26. The number of nitrogens with zero attached hydrogens (tertiary/aromatic N) is 2. The zero-order chi connectivity index (χ0) is 23.3. The highest BCUT2D eigenvalue weighted by atomic mass is 16.5. The second kappa shape index (κ2) is 10.1. The summed E-state index contributed by atoms with van der Waals surface area (Å²) >= 11 is 0. The largest absolute Gasteiger partial charge is 0.494 e. The lowest BCUT2D eigenvalue weighted by molar-refractivity contribution is -0.917. The van der Waals surface area contributed by atoms with Crippen LogP contribution in [0.3, 0.4) is 0 Å². The second-order valence-corrected chi connectivity index (χ2v) is 8.74. The first-order valence-electron chi connectivity index (χ1n) is 12.0. The molecule has 5 nitrogen and oxygen atoms in total. The predicted octanol–water partition coefficient (Wildman–Crippen LogP) is 3.84. The molecule has 1 fully saturated rings. The molecule has 1 aliphatic rings. The van der Waals surface area contributed by atoms with Crippen molar-refractivity contribution in [2.24, 2.45) is 0 Å². The molecule has 34 heavy (non-hydrogen) atoms. The SMILES string of the molecule is CCOc1cccc(-c2cc(C(=O)N3CC[NH+](Cc4ccccc4)CC3)c3ccccc3n2)c1. The van der Waals surface area contributed by atoms with E-state index in [1.807, 2.05) is 66.4 Å². The third-order valence-electron chi connectivity index (χ3n) is 6.44. The van der Waals surface area contributed by atoms with Crippen LogP contribution in [0.1, 0.15) is 22.8 Å². The molecule has 0 atom stereocenters. The minimum absolute atomic E-state index is 0.0829. The average molecular weight is 453 g/mol. The van der Waals surface area contributed by atoms with E-state index in [1.165, 1.54) is 10.5 Å². The monoisotopic (exact) mass is 452 g/mol. The fourth-order valence-electron chi connectivity index (χ4n) is 4.67. The first kappa shape index (κ1) is 22.1. The van der Waals surface area contributed by atoms with Crippen LogP contribution in [0.15, 0.2) is 84.9 Å². The maximum absolute atomic E-state index is 13.7. The van der Waals surface area contributed by atoms with Gasteiger partial charge < -0.3 is 14.5 Å². The van der Waals surface area contributed by atoms with Gasteiger partial charge in [-0.1, -0.05) is 60.7 Å². The number of carbonyl (C=O) groups excluding carboxylic acids is 1. The number of ether oxygens (including phenoxy) is 1. The van der Waals surface area contributed by atoms with E-state index < -0.39 is 0 Å². The van der Waals surface area contributed by atoms with Crippen molar-refractivity contribution in [2.75, 3.05) is 32.8 Å². The van der Waals surface area contributed by atoms with Crippen molar-refractivity contribution in [1.82, 2.24) is 9.88 Å². The van der Waals surface area contributed by atoms with Crippen LogP contribution in [-0.4, -0.2) is 48.6 Å². The maximum Gasteiger partial charge on any atom is 0.255 e. The van der Waals surface area contributed by atoms with Gasteiger partial charge in [0.2, 0.25) is 0 Å². The zero-order valence-electron chi connectivity index (χ0n) is 19.5. The first-order valence-corrected chi connectivity index (χ1v) is 12.0. The van der Waals surface area contributed by atoms with Crippen molar-refractivity contribution >= 4 is 16.8 Å². The third kappa shape index (κ3) is 4.80. The number of quaternary nitrogens is 1. The fraction of sp³-hybridized carbons (Fsp3) is 0.241. The quantitative estimate of drug-likeness (QED) is 0.484. The van der Waals surface area contributed by atoms with E-state index >= 15 is 0 Å². The number of pyridine rings is 1. The Hall–Kier alpha value is -3.70. The minimum Gasteiger partial charge on any atom is -0.494 e. The van der Waals surface area contributed by atoms with Gasteiger partial charge >= 0.3 is 0 Å². The van der Waals surface area contributed by atoms with Gasteiger partial charge in [0.1, 0.15) is 12.3 Å². The Kier molecular flexibility index (Phi) is 6.54. The van der Waals surface area contributed by atoms with E-state index in [2.05, 4.69) is 30.3 Å². The zero-order valence-corrected chi connectivity index (χ0v) is 19.5. The summed E-state index contributed by atoms with van der Waals surface area (Å²) < 4.78 is 5.68. The normalized spacial score (nSPS) is 14.3. The predicted molar refractivity (Wildman–Crippen MR) is 135 cm³/mol. The van der Waals surface area contributed by atoms with Gasteiger partial charge in [0.15, 0.2) is 0 Å². The Balaban J connectivity index is 1.39. The molecule has 0 spiro atoms. The molecular formula is C29H30N3O2+. The van der Waals surface area contributed by atoms with E-state index in [-0.39, 0.29) is 5.91 Å². The summed E-state index contributed by atoms with van der Waals surface area (Å²) in [7, 11) is 0. The van der Waals surface area contributed by atoms with Crippen molar-refractivity contribution < 1.29 is 14.4 Å². The summed E-state index contributed by atoms with van der Waals surface area (Å²) in [6, 6.07) is 28.3. The molecule has 172 valence electrons. The molecule has 2 heterocycles. The Morgan fingerprint density at radius 1 is 0.941 bits per heavy atom. The van der Waals surface area contributed by atoms with Crippen LogP contribution in [0.4, 0.5) is 0 Å². The number of hydrogen-bond donors (Lipinski definition) is 1. The number of rotatable bonds is 6. The molecular weight excluding hydrogens is 422 g/mol. The highest BCUT2D eigenvalue weighted by molar-refractivity contribution is 6.07. The summed E-state index contributed by atoms with van der Waals surface area (Å²) in [4.78, 5) is 22.1. The van der Waals surface area contributed by atoms with E-state index in [0.29, 0.717) is 12.2 Å². The summed E-state index contributed by atoms with van der Waals surface area (Å²) in [6.45, 7) is 7.00. The molecule has 5 rings (SSSR count). The smallest absolute Gasteiger partial charge is 0.255 e. The third-order valence-corrected chi connectivity index (χ3v) is 6.44.